The Morgan fingerprint density at radius 2 is 2.19 bits per heavy atom. The molecule has 1 N–H and O–H groups in total. The molecule has 3 heteroatoms. The number of piperidine rings is 1. The van der Waals surface area contributed by atoms with E-state index < -0.39 is 0 Å². The number of hydrogen-bond acceptors (Lipinski definition) is 3. The minimum absolute atomic E-state index is 0.610. The van der Waals surface area contributed by atoms with Crippen LogP contribution in [0.2, 0.25) is 0 Å². The summed E-state index contributed by atoms with van der Waals surface area (Å²) < 4.78 is 5.52. The third kappa shape index (κ3) is 3.19. The summed E-state index contributed by atoms with van der Waals surface area (Å²) in [7, 11) is 0. The molecule has 94 valence electrons. The maximum atomic E-state index is 5.52. The van der Waals surface area contributed by atoms with Gasteiger partial charge in [-0.3, -0.25) is 0 Å². The monoisotopic (exact) mass is 226 g/mol. The third-order valence-electron chi connectivity index (χ3n) is 4.05. The predicted octanol–water partition coefficient (Wildman–Crippen LogP) is 1.63. The van der Waals surface area contributed by atoms with Crippen LogP contribution in [0.15, 0.2) is 0 Å². The number of likely N-dealkylation sites (tertiary alicyclic amines) is 1. The molecule has 2 heterocycles. The average Bonchev–Trinajstić information content (AvgIpc) is 2.31. The van der Waals surface area contributed by atoms with Gasteiger partial charge in [0.05, 0.1) is 6.61 Å². The van der Waals surface area contributed by atoms with Crippen molar-refractivity contribution in [2.24, 2.45) is 0 Å². The highest BCUT2D eigenvalue weighted by Crippen LogP contribution is 2.18. The van der Waals surface area contributed by atoms with Crippen molar-refractivity contribution in [3.63, 3.8) is 0 Å². The fourth-order valence-electron chi connectivity index (χ4n) is 3.05. The molecular weight excluding hydrogens is 200 g/mol. The number of hydrogen-bond donors (Lipinski definition) is 1. The van der Waals surface area contributed by atoms with Crippen LogP contribution in [0, 0.1) is 0 Å². The summed E-state index contributed by atoms with van der Waals surface area (Å²) in [6.07, 6.45) is 5.11. The maximum Gasteiger partial charge on any atom is 0.0619 e. The van der Waals surface area contributed by atoms with Crippen molar-refractivity contribution in [3.8, 4) is 0 Å². The summed E-state index contributed by atoms with van der Waals surface area (Å²) in [5, 5.41) is 3.78. The molecule has 2 rings (SSSR count). The maximum absolute atomic E-state index is 5.52. The summed E-state index contributed by atoms with van der Waals surface area (Å²) in [6.45, 7) is 8.95. The molecule has 2 aliphatic rings. The van der Waals surface area contributed by atoms with E-state index in [0.29, 0.717) is 12.1 Å². The SMILES string of the molecule is CCN1CCC(NC2CCCOC2)CC1C. The quantitative estimate of drug-likeness (QED) is 0.791. The lowest BCUT2D eigenvalue weighted by molar-refractivity contribution is 0.0571. The van der Waals surface area contributed by atoms with E-state index in [4.69, 9.17) is 4.74 Å². The molecule has 2 fully saturated rings. The molecule has 0 aromatic heterocycles. The van der Waals surface area contributed by atoms with Gasteiger partial charge >= 0.3 is 0 Å². The van der Waals surface area contributed by atoms with Crippen molar-refractivity contribution in [1.82, 2.24) is 10.2 Å². The fraction of sp³-hybridized carbons (Fsp3) is 1.00. The third-order valence-corrected chi connectivity index (χ3v) is 4.05. The van der Waals surface area contributed by atoms with Crippen LogP contribution < -0.4 is 5.32 Å². The second kappa shape index (κ2) is 5.99. The Bertz CT molecular complexity index is 204. The molecule has 0 spiro atoms. The summed E-state index contributed by atoms with van der Waals surface area (Å²) in [4.78, 5) is 2.58. The first-order valence-corrected chi connectivity index (χ1v) is 6.87. The molecule has 2 aliphatic heterocycles. The first-order valence-electron chi connectivity index (χ1n) is 6.87. The van der Waals surface area contributed by atoms with Crippen LogP contribution in [0.5, 0.6) is 0 Å². The van der Waals surface area contributed by atoms with Gasteiger partial charge in [0.15, 0.2) is 0 Å². The zero-order valence-electron chi connectivity index (χ0n) is 10.7. The molecule has 3 atom stereocenters. The molecule has 0 aromatic carbocycles. The molecule has 0 radical (unpaired) electrons. The lowest BCUT2D eigenvalue weighted by Gasteiger charge is -2.39. The zero-order chi connectivity index (χ0) is 11.4. The summed E-state index contributed by atoms with van der Waals surface area (Å²) in [5.41, 5.74) is 0. The normalized spacial score (nSPS) is 37.5. The van der Waals surface area contributed by atoms with Crippen LogP contribution in [-0.2, 0) is 4.74 Å². The van der Waals surface area contributed by atoms with Crippen LogP contribution in [0.4, 0.5) is 0 Å². The minimum atomic E-state index is 0.610. The number of nitrogens with zero attached hydrogens (tertiary/aromatic N) is 1. The van der Waals surface area contributed by atoms with Gasteiger partial charge in [-0.1, -0.05) is 6.92 Å². The molecule has 0 bridgehead atoms. The zero-order valence-corrected chi connectivity index (χ0v) is 10.7. The average molecular weight is 226 g/mol. The van der Waals surface area contributed by atoms with E-state index in [9.17, 15) is 0 Å². The van der Waals surface area contributed by atoms with Crippen molar-refractivity contribution in [2.75, 3.05) is 26.3 Å². The number of rotatable bonds is 3. The van der Waals surface area contributed by atoms with E-state index in [1.165, 1.54) is 38.8 Å². The highest BCUT2D eigenvalue weighted by molar-refractivity contribution is 4.85. The van der Waals surface area contributed by atoms with Crippen molar-refractivity contribution >= 4 is 0 Å². The fourth-order valence-corrected chi connectivity index (χ4v) is 3.05. The van der Waals surface area contributed by atoms with Gasteiger partial charge in [-0.05, 0) is 45.7 Å². The van der Waals surface area contributed by atoms with Crippen molar-refractivity contribution in [2.45, 2.75) is 57.7 Å². The molecule has 0 aliphatic carbocycles. The number of nitrogens with one attached hydrogen (secondary N) is 1. The van der Waals surface area contributed by atoms with Gasteiger partial charge in [0.25, 0.3) is 0 Å². The van der Waals surface area contributed by atoms with E-state index in [1.807, 2.05) is 0 Å². The molecule has 0 amide bonds. The molecule has 0 saturated carbocycles. The highest BCUT2D eigenvalue weighted by Gasteiger charge is 2.26. The Morgan fingerprint density at radius 3 is 2.81 bits per heavy atom. The Balaban J connectivity index is 1.74. The van der Waals surface area contributed by atoms with Gasteiger partial charge in [0.2, 0.25) is 0 Å². The lowest BCUT2D eigenvalue weighted by Crippen LogP contribution is -2.51. The Hall–Kier alpha value is -0.120. The summed E-state index contributed by atoms with van der Waals surface area (Å²) in [5.74, 6) is 0. The molecule has 2 saturated heterocycles. The van der Waals surface area contributed by atoms with E-state index in [0.717, 1.165) is 19.3 Å². The summed E-state index contributed by atoms with van der Waals surface area (Å²) >= 11 is 0. The largest absolute Gasteiger partial charge is 0.380 e. The van der Waals surface area contributed by atoms with Crippen molar-refractivity contribution in [1.29, 1.82) is 0 Å². The highest BCUT2D eigenvalue weighted by atomic mass is 16.5. The Morgan fingerprint density at radius 1 is 1.31 bits per heavy atom. The molecular formula is C13H26N2O. The van der Waals surface area contributed by atoms with Crippen LogP contribution in [0.1, 0.15) is 39.5 Å². The lowest BCUT2D eigenvalue weighted by atomic mass is 9.96. The van der Waals surface area contributed by atoms with E-state index in [-0.39, 0.29) is 0 Å². The van der Waals surface area contributed by atoms with Gasteiger partial charge in [-0.25, -0.2) is 0 Å². The Labute approximate surface area is 99.5 Å². The topological polar surface area (TPSA) is 24.5 Å². The smallest absolute Gasteiger partial charge is 0.0619 e. The van der Waals surface area contributed by atoms with E-state index in [1.54, 1.807) is 0 Å². The van der Waals surface area contributed by atoms with Crippen molar-refractivity contribution < 1.29 is 4.74 Å². The first-order chi connectivity index (χ1) is 7.79. The van der Waals surface area contributed by atoms with Crippen LogP contribution in [0.25, 0.3) is 0 Å². The Kier molecular flexibility index (Phi) is 4.62. The molecule has 16 heavy (non-hydrogen) atoms. The van der Waals surface area contributed by atoms with Crippen molar-refractivity contribution in [3.05, 3.63) is 0 Å². The van der Waals surface area contributed by atoms with Gasteiger partial charge < -0.3 is 15.0 Å². The van der Waals surface area contributed by atoms with E-state index in [2.05, 4.69) is 24.1 Å². The van der Waals surface area contributed by atoms with Crippen LogP contribution in [0.3, 0.4) is 0 Å². The molecule has 0 aromatic rings. The van der Waals surface area contributed by atoms with Gasteiger partial charge in [-0.15, -0.1) is 0 Å². The van der Waals surface area contributed by atoms with E-state index >= 15 is 0 Å². The number of ether oxygens (including phenoxy) is 1. The second-order valence-corrected chi connectivity index (χ2v) is 5.28. The van der Waals surface area contributed by atoms with Gasteiger partial charge in [-0.2, -0.15) is 0 Å². The minimum Gasteiger partial charge on any atom is -0.380 e. The summed E-state index contributed by atoms with van der Waals surface area (Å²) in [6, 6.07) is 2.06. The van der Waals surface area contributed by atoms with Crippen LogP contribution >= 0.6 is 0 Å². The predicted molar refractivity (Wildman–Crippen MR) is 66.7 cm³/mol. The van der Waals surface area contributed by atoms with Crippen LogP contribution in [-0.4, -0.2) is 49.3 Å². The second-order valence-electron chi connectivity index (χ2n) is 5.28. The van der Waals surface area contributed by atoms with Gasteiger partial charge in [0, 0.05) is 24.7 Å². The first kappa shape index (κ1) is 12.3. The molecule has 3 nitrogen and oxygen atoms in total. The molecule has 3 unspecified atom stereocenters. The van der Waals surface area contributed by atoms with Gasteiger partial charge in [0.1, 0.15) is 0 Å². The standard InChI is InChI=1S/C13H26N2O/c1-3-15-7-6-12(9-11(15)2)14-13-5-4-8-16-10-13/h11-14H,3-10H2,1-2H3.